The third kappa shape index (κ3) is 0.953. The van der Waals surface area contributed by atoms with Gasteiger partial charge in [-0.05, 0) is 36.6 Å². The summed E-state index contributed by atoms with van der Waals surface area (Å²) in [4.78, 5) is 0. The Kier molecular flexibility index (Phi) is 1.34. The molecule has 13 heavy (non-hydrogen) atoms. The van der Waals surface area contributed by atoms with E-state index < -0.39 is 0 Å². The lowest BCUT2D eigenvalue weighted by Crippen LogP contribution is -2.19. The van der Waals surface area contributed by atoms with Crippen LogP contribution in [0.3, 0.4) is 0 Å². The summed E-state index contributed by atoms with van der Waals surface area (Å²) < 4.78 is 13.0. The van der Waals surface area contributed by atoms with Crippen LogP contribution in [0.2, 0.25) is 0 Å². The number of hydrogen-bond acceptors (Lipinski definition) is 1. The van der Waals surface area contributed by atoms with E-state index in [0.29, 0.717) is 5.41 Å². The van der Waals surface area contributed by atoms with Crippen molar-refractivity contribution in [3.8, 4) is 0 Å². The van der Waals surface area contributed by atoms with Crippen molar-refractivity contribution in [1.29, 1.82) is 0 Å². The molecule has 0 radical (unpaired) electrons. The first-order valence-corrected chi connectivity index (χ1v) is 4.78. The van der Waals surface area contributed by atoms with Crippen molar-refractivity contribution in [3.05, 3.63) is 35.6 Å². The molecule has 1 saturated carbocycles. The number of rotatable bonds is 1. The smallest absolute Gasteiger partial charge is 0.123 e. The van der Waals surface area contributed by atoms with E-state index in [2.05, 4.69) is 11.4 Å². The van der Waals surface area contributed by atoms with Crippen molar-refractivity contribution in [1.82, 2.24) is 5.32 Å². The molecule has 1 aromatic rings. The molecular formula is C11H12FN. The van der Waals surface area contributed by atoms with E-state index >= 15 is 0 Å². The maximum absolute atomic E-state index is 13.0. The van der Waals surface area contributed by atoms with Gasteiger partial charge in [-0.3, -0.25) is 0 Å². The average Bonchev–Trinajstić information content (AvgIpc) is 2.70. The van der Waals surface area contributed by atoms with Crippen molar-refractivity contribution in [2.45, 2.75) is 11.8 Å². The topological polar surface area (TPSA) is 12.0 Å². The Bertz CT molecular complexity index is 350. The van der Waals surface area contributed by atoms with Gasteiger partial charge in [0.15, 0.2) is 0 Å². The molecule has 0 amide bonds. The highest BCUT2D eigenvalue weighted by atomic mass is 19.1. The van der Waals surface area contributed by atoms with Crippen molar-refractivity contribution in [3.63, 3.8) is 0 Å². The third-order valence-electron chi connectivity index (χ3n) is 3.46. The summed E-state index contributed by atoms with van der Waals surface area (Å²) in [5.74, 6) is 0.652. The molecular weight excluding hydrogens is 165 g/mol. The molecule has 1 aromatic carbocycles. The van der Waals surface area contributed by atoms with Gasteiger partial charge < -0.3 is 5.32 Å². The standard InChI is InChI=1S/C11H12FN/c12-10-3-1-2-8(4-10)11-5-9(11)6-13-7-11/h1-4,9,13H,5-7H2/t9-,11+/m0/s1. The Hall–Kier alpha value is -0.890. The average molecular weight is 177 g/mol. The minimum Gasteiger partial charge on any atom is -0.316 e. The summed E-state index contributed by atoms with van der Waals surface area (Å²) in [6, 6.07) is 7.07. The van der Waals surface area contributed by atoms with Crippen molar-refractivity contribution < 1.29 is 4.39 Å². The molecule has 1 nitrogen and oxygen atoms in total. The van der Waals surface area contributed by atoms with E-state index in [1.54, 1.807) is 6.07 Å². The summed E-state index contributed by atoms with van der Waals surface area (Å²) >= 11 is 0. The second-order valence-corrected chi connectivity index (χ2v) is 4.20. The largest absolute Gasteiger partial charge is 0.316 e. The van der Waals surface area contributed by atoms with Gasteiger partial charge in [-0.15, -0.1) is 0 Å². The molecule has 1 saturated heterocycles. The molecule has 1 heterocycles. The maximum atomic E-state index is 13.0. The fraction of sp³-hybridized carbons (Fsp3) is 0.455. The zero-order valence-corrected chi connectivity index (χ0v) is 7.39. The number of hydrogen-bond donors (Lipinski definition) is 1. The van der Waals surface area contributed by atoms with Gasteiger partial charge in [-0.1, -0.05) is 12.1 Å². The van der Waals surface area contributed by atoms with Gasteiger partial charge in [0.05, 0.1) is 0 Å². The van der Waals surface area contributed by atoms with Crippen LogP contribution in [0.25, 0.3) is 0 Å². The molecule has 1 aliphatic carbocycles. The number of nitrogens with one attached hydrogen (secondary N) is 1. The van der Waals surface area contributed by atoms with E-state index in [1.807, 2.05) is 6.07 Å². The highest BCUT2D eigenvalue weighted by Crippen LogP contribution is 2.56. The summed E-state index contributed by atoms with van der Waals surface area (Å²) in [5, 5.41) is 3.36. The van der Waals surface area contributed by atoms with Crippen molar-refractivity contribution in [2.75, 3.05) is 13.1 Å². The minimum absolute atomic E-state index is 0.107. The van der Waals surface area contributed by atoms with Crippen LogP contribution in [0.15, 0.2) is 24.3 Å². The Morgan fingerprint density at radius 1 is 1.46 bits per heavy atom. The number of benzene rings is 1. The first kappa shape index (κ1) is 7.51. The minimum atomic E-state index is -0.107. The normalized spacial score (nSPS) is 35.9. The number of halogens is 1. The lowest BCUT2D eigenvalue weighted by Gasteiger charge is -2.11. The van der Waals surface area contributed by atoms with E-state index in [4.69, 9.17) is 0 Å². The van der Waals surface area contributed by atoms with Crippen molar-refractivity contribution in [2.24, 2.45) is 5.92 Å². The SMILES string of the molecule is Fc1cccc([C@@]23CNC[C@@H]2C3)c1. The molecule has 2 atom stereocenters. The molecule has 0 spiro atoms. The molecule has 0 bridgehead atoms. The third-order valence-corrected chi connectivity index (χ3v) is 3.46. The molecule has 2 heteroatoms. The van der Waals surface area contributed by atoms with E-state index in [1.165, 1.54) is 18.1 Å². The lowest BCUT2D eigenvalue weighted by atomic mass is 9.95. The summed E-state index contributed by atoms with van der Waals surface area (Å²) in [5.41, 5.74) is 1.48. The van der Waals surface area contributed by atoms with Crippen LogP contribution in [0.1, 0.15) is 12.0 Å². The lowest BCUT2D eigenvalue weighted by molar-refractivity contribution is 0.614. The predicted octanol–water partition coefficient (Wildman–Crippen LogP) is 1.69. The Balaban J connectivity index is 2.01. The zero-order chi connectivity index (χ0) is 8.89. The second-order valence-electron chi connectivity index (χ2n) is 4.20. The predicted molar refractivity (Wildman–Crippen MR) is 49.1 cm³/mol. The van der Waals surface area contributed by atoms with Gasteiger partial charge in [-0.2, -0.15) is 0 Å². The van der Waals surface area contributed by atoms with Gasteiger partial charge in [0, 0.05) is 12.0 Å². The Morgan fingerprint density at radius 2 is 2.38 bits per heavy atom. The molecule has 0 aromatic heterocycles. The zero-order valence-electron chi connectivity index (χ0n) is 7.39. The van der Waals surface area contributed by atoms with E-state index in [-0.39, 0.29) is 5.82 Å². The molecule has 1 N–H and O–H groups in total. The molecule has 2 aliphatic rings. The van der Waals surface area contributed by atoms with Crippen LogP contribution in [0, 0.1) is 11.7 Å². The molecule has 1 aliphatic heterocycles. The van der Waals surface area contributed by atoms with E-state index in [9.17, 15) is 4.39 Å². The highest BCUT2D eigenvalue weighted by molar-refractivity contribution is 5.36. The van der Waals surface area contributed by atoms with Gasteiger partial charge in [-0.25, -0.2) is 4.39 Å². The van der Waals surface area contributed by atoms with Gasteiger partial charge in [0.25, 0.3) is 0 Å². The molecule has 68 valence electrons. The van der Waals surface area contributed by atoms with Crippen LogP contribution >= 0.6 is 0 Å². The fourth-order valence-electron chi connectivity index (χ4n) is 2.59. The first-order chi connectivity index (χ1) is 6.31. The van der Waals surface area contributed by atoms with Crippen molar-refractivity contribution >= 4 is 0 Å². The Morgan fingerprint density at radius 3 is 3.00 bits per heavy atom. The first-order valence-electron chi connectivity index (χ1n) is 4.78. The summed E-state index contributed by atoms with van der Waals surface area (Å²) in [6.07, 6.45) is 1.24. The summed E-state index contributed by atoms with van der Waals surface area (Å²) in [7, 11) is 0. The summed E-state index contributed by atoms with van der Waals surface area (Å²) in [6.45, 7) is 2.14. The van der Waals surface area contributed by atoms with Gasteiger partial charge in [0.2, 0.25) is 0 Å². The number of piperidine rings is 1. The quantitative estimate of drug-likeness (QED) is 0.688. The maximum Gasteiger partial charge on any atom is 0.123 e. The van der Waals surface area contributed by atoms with Gasteiger partial charge in [0.1, 0.15) is 5.82 Å². The fourth-order valence-corrected chi connectivity index (χ4v) is 2.59. The van der Waals surface area contributed by atoms with Crippen LogP contribution in [0.5, 0.6) is 0 Å². The highest BCUT2D eigenvalue weighted by Gasteiger charge is 2.57. The van der Waals surface area contributed by atoms with Crippen LogP contribution in [-0.4, -0.2) is 13.1 Å². The monoisotopic (exact) mass is 177 g/mol. The molecule has 3 rings (SSSR count). The van der Waals surface area contributed by atoms with Crippen LogP contribution in [-0.2, 0) is 5.41 Å². The Labute approximate surface area is 77.0 Å². The van der Waals surface area contributed by atoms with Crippen LogP contribution < -0.4 is 5.32 Å². The van der Waals surface area contributed by atoms with Gasteiger partial charge >= 0.3 is 0 Å². The van der Waals surface area contributed by atoms with E-state index in [0.717, 1.165) is 19.0 Å². The molecule has 2 fully saturated rings. The number of fused-ring (bicyclic) bond motifs is 1. The molecule has 0 unspecified atom stereocenters. The second kappa shape index (κ2) is 2.32. The van der Waals surface area contributed by atoms with Crippen LogP contribution in [0.4, 0.5) is 4.39 Å².